The highest BCUT2D eigenvalue weighted by atomic mass is 19.1. The molecule has 6 atom stereocenters. The Morgan fingerprint density at radius 1 is 0.845 bits per heavy atom. The van der Waals surface area contributed by atoms with Crippen molar-refractivity contribution in [3.63, 3.8) is 0 Å². The number of carbonyl (C=O) groups excluding carboxylic acids is 4. The molecular weight excluding hydrogens is 744 g/mol. The Morgan fingerprint density at radius 2 is 1.45 bits per heavy atom. The van der Waals surface area contributed by atoms with Crippen LogP contribution in [-0.2, 0) is 32.0 Å². The molecule has 0 radical (unpaired) electrons. The Balaban J connectivity index is 0.936. The predicted molar refractivity (Wildman–Crippen MR) is 212 cm³/mol. The van der Waals surface area contributed by atoms with Gasteiger partial charge in [0.1, 0.15) is 29.6 Å². The minimum atomic E-state index is -1.22. The number of likely N-dealkylation sites (tertiary alicyclic amines) is 1. The second-order valence-corrected chi connectivity index (χ2v) is 15.7. The maximum Gasteiger partial charge on any atom is 0.407 e. The molecular formula is C43H47FN8O6. The van der Waals surface area contributed by atoms with Crippen LogP contribution < -0.4 is 10.6 Å². The third-order valence-corrected chi connectivity index (χ3v) is 11.8. The molecule has 1 aliphatic carbocycles. The zero-order valence-electron chi connectivity index (χ0n) is 32.8. The largest absolute Gasteiger partial charge is 0.453 e. The number of aromatic nitrogens is 5. The number of nitrogens with one attached hydrogen (secondary N) is 4. The number of ether oxygens (including phenoxy) is 2. The summed E-state index contributed by atoms with van der Waals surface area (Å²) in [4.78, 5) is 68.9. The summed E-state index contributed by atoms with van der Waals surface area (Å²) in [6, 6.07) is 16.5. The smallest absolute Gasteiger partial charge is 0.407 e. The molecule has 302 valence electrons. The van der Waals surface area contributed by atoms with Crippen LogP contribution in [0.5, 0.6) is 0 Å². The molecule has 2 aliphatic heterocycles. The topological polar surface area (TPSA) is 176 Å². The number of hydrogen-bond donors (Lipinski definition) is 4. The number of alkyl carbamates (subject to hydrolysis) is 2. The number of hydrogen-bond acceptors (Lipinski definition) is 8. The van der Waals surface area contributed by atoms with Crippen LogP contribution in [0.15, 0.2) is 73.2 Å². The van der Waals surface area contributed by atoms with Gasteiger partial charge in [-0.15, -0.1) is 0 Å². The van der Waals surface area contributed by atoms with Crippen LogP contribution in [0.25, 0.3) is 33.6 Å². The molecule has 0 spiro atoms. The SMILES string of the molecule is COC(=O)N[C@H]1CCc2ccn3c2C1C(=O)C[C@H](c1ncc(-c2ccc(-c4ccc(-c5cnc([C@@H]6C[C@H](F)CN6C(=O)[C@@H](NC(=O)OC)C(C)C)[nH]5)cc4)cc2)[nH]1)C3. The number of H-pyrrole nitrogens is 2. The van der Waals surface area contributed by atoms with Gasteiger partial charge in [-0.1, -0.05) is 62.4 Å². The van der Waals surface area contributed by atoms with Crippen molar-refractivity contribution >= 4 is 23.9 Å². The standard InChI is InChI=1S/C43H47FN8O6/c1-23(2)37(50-43(56)58-4)41(54)52-22-30(44)18-34(52)40-46-20-33(48-40)27-11-7-25(8-12-27)24-5-9-26(10-6-24)32-19-45-39(47-32)29-17-35(53)36-31(49-42(55)57-3)14-13-28-15-16-51(21-29)38(28)36/h5-12,15-16,19-20,23,29-31,34,36-37H,13-14,17-18,21-22H2,1-4H3,(H,45,47)(H,46,48)(H,49,55)(H,50,56)/t29-,30-,31-,34-,36?,37-/m0/s1. The van der Waals surface area contributed by atoms with Crippen molar-refractivity contribution < 1.29 is 33.0 Å². The number of Topliss-reactive ketones (excluding diaryl/α,β-unsaturated/α-hetero) is 1. The van der Waals surface area contributed by atoms with Gasteiger partial charge in [-0.05, 0) is 52.6 Å². The van der Waals surface area contributed by atoms with E-state index in [2.05, 4.69) is 48.4 Å². The maximum atomic E-state index is 14.8. The molecule has 0 bridgehead atoms. The molecule has 5 aromatic rings. The van der Waals surface area contributed by atoms with Crippen molar-refractivity contribution in [3.8, 4) is 33.6 Å². The molecule has 1 saturated heterocycles. The Kier molecular flexibility index (Phi) is 10.6. The lowest BCUT2D eigenvalue weighted by molar-refractivity contribution is -0.135. The second kappa shape index (κ2) is 15.9. The molecule has 3 amide bonds. The lowest BCUT2D eigenvalue weighted by atomic mass is 9.79. The van der Waals surface area contributed by atoms with Crippen molar-refractivity contribution in [3.05, 3.63) is 96.1 Å². The minimum Gasteiger partial charge on any atom is -0.453 e. The van der Waals surface area contributed by atoms with Gasteiger partial charge in [-0.3, -0.25) is 9.59 Å². The van der Waals surface area contributed by atoms with Crippen LogP contribution in [0.2, 0.25) is 0 Å². The van der Waals surface area contributed by atoms with Crippen molar-refractivity contribution in [2.75, 3.05) is 20.8 Å². The van der Waals surface area contributed by atoms with Gasteiger partial charge in [0.2, 0.25) is 5.91 Å². The van der Waals surface area contributed by atoms with Crippen LogP contribution in [0, 0.1) is 5.92 Å². The third-order valence-electron chi connectivity index (χ3n) is 11.8. The summed E-state index contributed by atoms with van der Waals surface area (Å²) in [5, 5.41) is 5.49. The Hall–Kier alpha value is -6.25. The quantitative estimate of drug-likeness (QED) is 0.132. The molecule has 8 rings (SSSR count). The first-order valence-corrected chi connectivity index (χ1v) is 19.7. The lowest BCUT2D eigenvalue weighted by Crippen LogP contribution is -2.51. The Morgan fingerprint density at radius 3 is 2.07 bits per heavy atom. The van der Waals surface area contributed by atoms with E-state index in [9.17, 15) is 23.6 Å². The lowest BCUT2D eigenvalue weighted by Gasteiger charge is -2.31. The summed E-state index contributed by atoms with van der Waals surface area (Å²) in [5.74, 6) is 0.111. The molecule has 14 nitrogen and oxygen atoms in total. The second-order valence-electron chi connectivity index (χ2n) is 15.7. The van der Waals surface area contributed by atoms with Gasteiger partial charge < -0.3 is 39.5 Å². The molecule has 2 aromatic carbocycles. The summed E-state index contributed by atoms with van der Waals surface area (Å²) < 4.78 is 26.5. The van der Waals surface area contributed by atoms with Crippen molar-refractivity contribution in [1.82, 2.24) is 40.0 Å². The van der Waals surface area contributed by atoms with Crippen molar-refractivity contribution in [2.45, 2.75) is 82.2 Å². The van der Waals surface area contributed by atoms with Crippen LogP contribution in [0.4, 0.5) is 14.0 Å². The first kappa shape index (κ1) is 38.6. The van der Waals surface area contributed by atoms with Gasteiger partial charge >= 0.3 is 12.2 Å². The van der Waals surface area contributed by atoms with E-state index in [1.54, 1.807) is 6.20 Å². The van der Waals surface area contributed by atoms with Gasteiger partial charge in [0, 0.05) is 43.2 Å². The van der Waals surface area contributed by atoms with E-state index in [4.69, 9.17) is 14.5 Å². The van der Waals surface area contributed by atoms with E-state index in [1.807, 2.05) is 62.6 Å². The highest BCUT2D eigenvalue weighted by Crippen LogP contribution is 2.40. The molecule has 1 fully saturated rings. The van der Waals surface area contributed by atoms with Crippen molar-refractivity contribution in [2.24, 2.45) is 5.92 Å². The molecule has 3 aromatic heterocycles. The van der Waals surface area contributed by atoms with Crippen LogP contribution in [0.1, 0.15) is 73.9 Å². The first-order chi connectivity index (χ1) is 28.0. The summed E-state index contributed by atoms with van der Waals surface area (Å²) in [6.45, 7) is 4.14. The first-order valence-electron chi connectivity index (χ1n) is 19.7. The number of nitrogens with zero attached hydrogens (tertiary/aromatic N) is 4. The maximum absolute atomic E-state index is 14.8. The number of amides is 3. The number of carbonyl (C=O) groups is 4. The number of aromatic amines is 2. The average molecular weight is 791 g/mol. The van der Waals surface area contributed by atoms with Gasteiger partial charge in [0.15, 0.2) is 0 Å². The molecule has 3 aliphatic rings. The van der Waals surface area contributed by atoms with E-state index < -0.39 is 36.4 Å². The number of rotatable bonds is 9. The van der Waals surface area contributed by atoms with Gasteiger partial charge in [0.25, 0.3) is 0 Å². The van der Waals surface area contributed by atoms with Crippen molar-refractivity contribution in [1.29, 1.82) is 0 Å². The van der Waals surface area contributed by atoms with E-state index in [0.717, 1.165) is 57.1 Å². The van der Waals surface area contributed by atoms with Crippen LogP contribution in [-0.4, -0.2) is 92.3 Å². The summed E-state index contributed by atoms with van der Waals surface area (Å²) in [5.41, 5.74) is 7.60. The summed E-state index contributed by atoms with van der Waals surface area (Å²) >= 11 is 0. The van der Waals surface area contributed by atoms with Gasteiger partial charge in [-0.2, -0.15) is 0 Å². The zero-order chi connectivity index (χ0) is 40.7. The van der Waals surface area contributed by atoms with Gasteiger partial charge in [-0.25, -0.2) is 23.9 Å². The number of benzene rings is 2. The monoisotopic (exact) mass is 790 g/mol. The fourth-order valence-electron chi connectivity index (χ4n) is 8.74. The average Bonchev–Trinajstić information content (AvgIpc) is 4.05. The summed E-state index contributed by atoms with van der Waals surface area (Å²) in [7, 11) is 2.56. The number of alkyl halides is 1. The van der Waals surface area contributed by atoms with Gasteiger partial charge in [0.05, 0.1) is 56.5 Å². The number of methoxy groups -OCH3 is 2. The normalized spacial score (nSPS) is 21.9. The molecule has 15 heteroatoms. The fourth-order valence-corrected chi connectivity index (χ4v) is 8.74. The summed E-state index contributed by atoms with van der Waals surface area (Å²) in [6.07, 6.45) is 4.93. The van der Waals surface area contributed by atoms with Crippen LogP contribution >= 0.6 is 0 Å². The minimum absolute atomic E-state index is 0.0830. The Labute approximate surface area is 334 Å². The molecule has 4 N–H and O–H groups in total. The fraction of sp³-hybridized carbons (Fsp3) is 0.395. The predicted octanol–water partition coefficient (Wildman–Crippen LogP) is 6.44. The number of ketones is 1. The zero-order valence-corrected chi connectivity index (χ0v) is 32.8. The molecule has 0 saturated carbocycles. The highest BCUT2D eigenvalue weighted by molar-refractivity contribution is 5.89. The number of imidazole rings is 2. The third kappa shape index (κ3) is 7.48. The number of halogens is 1. The van der Waals surface area contributed by atoms with Crippen LogP contribution in [0.3, 0.4) is 0 Å². The molecule has 58 heavy (non-hydrogen) atoms. The van der Waals surface area contributed by atoms with E-state index in [-0.39, 0.29) is 42.5 Å². The molecule has 5 heterocycles. The highest BCUT2D eigenvalue weighted by Gasteiger charge is 2.43. The van der Waals surface area contributed by atoms with E-state index in [0.29, 0.717) is 25.2 Å². The van der Waals surface area contributed by atoms with E-state index in [1.165, 1.54) is 19.1 Å². The van der Waals surface area contributed by atoms with E-state index >= 15 is 0 Å². The number of aryl methyl sites for hydroxylation is 1. The Bertz CT molecular complexity index is 2310. The molecule has 1 unspecified atom stereocenters.